The summed E-state index contributed by atoms with van der Waals surface area (Å²) >= 11 is 5.81. The SMILES string of the molecule is CC[C@H](C)[C@H](N)C(=O)Nc1ccc(C(=O)O)c(Cl)c1. The van der Waals surface area contributed by atoms with E-state index in [0.717, 1.165) is 6.42 Å². The van der Waals surface area contributed by atoms with Gasteiger partial charge in [0.05, 0.1) is 16.6 Å². The Morgan fingerprint density at radius 2 is 2.11 bits per heavy atom. The number of amides is 1. The quantitative estimate of drug-likeness (QED) is 0.774. The van der Waals surface area contributed by atoms with Crippen molar-refractivity contribution in [2.75, 3.05) is 5.32 Å². The zero-order valence-corrected chi connectivity index (χ0v) is 11.6. The van der Waals surface area contributed by atoms with Gasteiger partial charge in [0.2, 0.25) is 5.91 Å². The lowest BCUT2D eigenvalue weighted by atomic mass is 9.99. The van der Waals surface area contributed by atoms with Gasteiger partial charge in [-0.1, -0.05) is 31.9 Å². The van der Waals surface area contributed by atoms with Crippen molar-refractivity contribution >= 4 is 29.2 Å². The standard InChI is InChI=1S/C13H17ClN2O3/c1-3-7(2)11(15)12(17)16-8-4-5-9(13(18)19)10(14)6-8/h4-7,11H,3,15H2,1-2H3,(H,16,17)(H,18,19)/t7-,11-/m0/s1. The van der Waals surface area contributed by atoms with Crippen molar-refractivity contribution in [1.29, 1.82) is 0 Å². The van der Waals surface area contributed by atoms with Crippen LogP contribution in [0.25, 0.3) is 0 Å². The summed E-state index contributed by atoms with van der Waals surface area (Å²) in [5, 5.41) is 11.5. The van der Waals surface area contributed by atoms with Crippen molar-refractivity contribution in [3.63, 3.8) is 0 Å². The van der Waals surface area contributed by atoms with Crippen LogP contribution in [0.3, 0.4) is 0 Å². The van der Waals surface area contributed by atoms with Gasteiger partial charge in [-0.05, 0) is 24.1 Å². The fourth-order valence-electron chi connectivity index (χ4n) is 1.50. The van der Waals surface area contributed by atoms with Crippen LogP contribution in [0.2, 0.25) is 5.02 Å². The van der Waals surface area contributed by atoms with Gasteiger partial charge in [0.25, 0.3) is 0 Å². The number of halogens is 1. The van der Waals surface area contributed by atoms with Gasteiger partial charge in [-0.15, -0.1) is 0 Å². The Bertz CT molecular complexity index is 491. The highest BCUT2D eigenvalue weighted by molar-refractivity contribution is 6.33. The Morgan fingerprint density at radius 3 is 2.58 bits per heavy atom. The van der Waals surface area contributed by atoms with Gasteiger partial charge >= 0.3 is 5.97 Å². The minimum atomic E-state index is -1.11. The molecule has 2 atom stereocenters. The van der Waals surface area contributed by atoms with Gasteiger partial charge in [-0.3, -0.25) is 4.79 Å². The number of carbonyl (C=O) groups is 2. The fourth-order valence-corrected chi connectivity index (χ4v) is 1.77. The summed E-state index contributed by atoms with van der Waals surface area (Å²) in [6, 6.07) is 3.61. The van der Waals surface area contributed by atoms with Gasteiger partial charge in [0.15, 0.2) is 0 Å². The molecule has 1 aromatic rings. The molecule has 0 aliphatic carbocycles. The van der Waals surface area contributed by atoms with Crippen LogP contribution in [0.1, 0.15) is 30.6 Å². The Hall–Kier alpha value is -1.59. The summed E-state index contributed by atoms with van der Waals surface area (Å²) < 4.78 is 0. The summed E-state index contributed by atoms with van der Waals surface area (Å²) in [5.41, 5.74) is 6.22. The molecule has 1 aromatic carbocycles. The second kappa shape index (κ2) is 6.54. The summed E-state index contributed by atoms with van der Waals surface area (Å²) in [7, 11) is 0. The van der Waals surface area contributed by atoms with Crippen LogP contribution in [0.15, 0.2) is 18.2 Å². The van der Waals surface area contributed by atoms with Crippen molar-refractivity contribution in [3.05, 3.63) is 28.8 Å². The Labute approximate surface area is 116 Å². The van der Waals surface area contributed by atoms with Crippen molar-refractivity contribution in [2.24, 2.45) is 11.7 Å². The largest absolute Gasteiger partial charge is 0.478 e. The van der Waals surface area contributed by atoms with Crippen LogP contribution in [-0.4, -0.2) is 23.0 Å². The number of aromatic carboxylic acids is 1. The van der Waals surface area contributed by atoms with Gasteiger partial charge < -0.3 is 16.2 Å². The number of carboxylic acids is 1. The molecular weight excluding hydrogens is 268 g/mol. The van der Waals surface area contributed by atoms with E-state index in [2.05, 4.69) is 5.32 Å². The highest BCUT2D eigenvalue weighted by Gasteiger charge is 2.19. The van der Waals surface area contributed by atoms with Crippen LogP contribution < -0.4 is 11.1 Å². The first-order chi connectivity index (χ1) is 8.86. The maximum atomic E-state index is 11.8. The molecule has 1 amide bonds. The predicted octanol–water partition coefficient (Wildman–Crippen LogP) is 2.35. The van der Waals surface area contributed by atoms with E-state index in [1.807, 2.05) is 13.8 Å². The molecule has 0 saturated carbocycles. The minimum Gasteiger partial charge on any atom is -0.478 e. The third-order valence-electron chi connectivity index (χ3n) is 3.03. The first kappa shape index (κ1) is 15.5. The molecular formula is C13H17ClN2O3. The van der Waals surface area contributed by atoms with Crippen LogP contribution in [0, 0.1) is 5.92 Å². The molecule has 0 aliphatic rings. The number of anilines is 1. The Morgan fingerprint density at radius 1 is 1.47 bits per heavy atom. The number of rotatable bonds is 5. The van der Waals surface area contributed by atoms with E-state index in [1.54, 1.807) is 0 Å². The first-order valence-electron chi connectivity index (χ1n) is 5.96. The van der Waals surface area contributed by atoms with Gasteiger partial charge in [-0.25, -0.2) is 4.79 Å². The summed E-state index contributed by atoms with van der Waals surface area (Å²) in [6.07, 6.45) is 0.799. The first-order valence-corrected chi connectivity index (χ1v) is 6.33. The van der Waals surface area contributed by atoms with Crippen LogP contribution in [0.5, 0.6) is 0 Å². The van der Waals surface area contributed by atoms with E-state index in [-0.39, 0.29) is 22.4 Å². The van der Waals surface area contributed by atoms with E-state index in [1.165, 1.54) is 18.2 Å². The normalized spacial score (nSPS) is 13.7. The van der Waals surface area contributed by atoms with E-state index in [0.29, 0.717) is 5.69 Å². The number of benzene rings is 1. The highest BCUT2D eigenvalue weighted by atomic mass is 35.5. The van der Waals surface area contributed by atoms with Crippen LogP contribution in [0.4, 0.5) is 5.69 Å². The average Bonchev–Trinajstić information content (AvgIpc) is 2.36. The second-order valence-electron chi connectivity index (χ2n) is 4.40. The van der Waals surface area contributed by atoms with Crippen molar-refractivity contribution in [2.45, 2.75) is 26.3 Å². The smallest absolute Gasteiger partial charge is 0.337 e. The number of nitrogens with two attached hydrogens (primary N) is 1. The van der Waals surface area contributed by atoms with Crippen molar-refractivity contribution in [3.8, 4) is 0 Å². The molecule has 0 radical (unpaired) electrons. The average molecular weight is 285 g/mol. The van der Waals surface area contributed by atoms with Gasteiger partial charge in [-0.2, -0.15) is 0 Å². The molecule has 0 spiro atoms. The predicted molar refractivity (Wildman–Crippen MR) is 74.5 cm³/mol. The van der Waals surface area contributed by atoms with Crippen LogP contribution >= 0.6 is 11.6 Å². The third kappa shape index (κ3) is 3.94. The molecule has 5 nitrogen and oxygen atoms in total. The molecule has 0 fully saturated rings. The maximum absolute atomic E-state index is 11.8. The lowest BCUT2D eigenvalue weighted by molar-refractivity contribution is -0.118. The van der Waals surface area contributed by atoms with Crippen LogP contribution in [-0.2, 0) is 4.79 Å². The molecule has 1 rings (SSSR count). The molecule has 0 saturated heterocycles. The number of nitrogens with one attached hydrogen (secondary N) is 1. The topological polar surface area (TPSA) is 92.4 Å². The van der Waals surface area contributed by atoms with E-state index >= 15 is 0 Å². The van der Waals surface area contributed by atoms with E-state index in [9.17, 15) is 9.59 Å². The molecule has 0 heterocycles. The van der Waals surface area contributed by atoms with Gasteiger partial charge in [0, 0.05) is 5.69 Å². The summed E-state index contributed by atoms with van der Waals surface area (Å²) in [5.74, 6) is -1.36. The van der Waals surface area contributed by atoms with E-state index < -0.39 is 12.0 Å². The molecule has 4 N–H and O–H groups in total. The highest BCUT2D eigenvalue weighted by Crippen LogP contribution is 2.21. The number of hydrogen-bond donors (Lipinski definition) is 3. The lowest BCUT2D eigenvalue weighted by Crippen LogP contribution is -2.40. The number of hydrogen-bond acceptors (Lipinski definition) is 3. The summed E-state index contributed by atoms with van der Waals surface area (Å²) in [6.45, 7) is 3.85. The Balaban J connectivity index is 2.81. The maximum Gasteiger partial charge on any atom is 0.337 e. The molecule has 104 valence electrons. The molecule has 0 unspecified atom stereocenters. The van der Waals surface area contributed by atoms with E-state index in [4.69, 9.17) is 22.4 Å². The zero-order chi connectivity index (χ0) is 14.6. The monoisotopic (exact) mass is 284 g/mol. The fraction of sp³-hybridized carbons (Fsp3) is 0.385. The second-order valence-corrected chi connectivity index (χ2v) is 4.81. The molecule has 0 aliphatic heterocycles. The number of carboxylic acid groups (broad SMARTS) is 1. The lowest BCUT2D eigenvalue weighted by Gasteiger charge is -2.17. The number of carbonyl (C=O) groups excluding carboxylic acids is 1. The summed E-state index contributed by atoms with van der Waals surface area (Å²) in [4.78, 5) is 22.6. The Kier molecular flexibility index (Phi) is 5.32. The van der Waals surface area contributed by atoms with Crippen molar-refractivity contribution in [1.82, 2.24) is 0 Å². The molecule has 0 aromatic heterocycles. The minimum absolute atomic E-state index is 0.00843. The molecule has 6 heteroatoms. The van der Waals surface area contributed by atoms with Crippen molar-refractivity contribution < 1.29 is 14.7 Å². The third-order valence-corrected chi connectivity index (χ3v) is 3.34. The molecule has 0 bridgehead atoms. The zero-order valence-electron chi connectivity index (χ0n) is 10.8. The molecule has 19 heavy (non-hydrogen) atoms. The van der Waals surface area contributed by atoms with Gasteiger partial charge in [0.1, 0.15) is 0 Å².